The number of benzene rings is 2. The van der Waals surface area contributed by atoms with Gasteiger partial charge < -0.3 is 20.8 Å². The van der Waals surface area contributed by atoms with Gasteiger partial charge in [0.15, 0.2) is 34.7 Å². The third-order valence-corrected chi connectivity index (χ3v) is 9.12. The van der Waals surface area contributed by atoms with E-state index in [0.29, 0.717) is 24.0 Å². The Bertz CT molecular complexity index is 1470. The van der Waals surface area contributed by atoms with E-state index >= 15 is 0 Å². The molecule has 4 N–H and O–H groups in total. The summed E-state index contributed by atoms with van der Waals surface area (Å²) in [6.45, 7) is 0. The Morgan fingerprint density at radius 2 is 1.68 bits per heavy atom. The molecule has 0 spiro atoms. The normalized spacial score (nSPS) is 29.2. The zero-order chi connectivity index (χ0) is 30.0. The summed E-state index contributed by atoms with van der Waals surface area (Å²) in [5.74, 6) is -10.4. The van der Waals surface area contributed by atoms with Gasteiger partial charge in [-0.25, -0.2) is 0 Å². The van der Waals surface area contributed by atoms with Crippen molar-refractivity contribution in [2.75, 3.05) is 33.1 Å². The van der Waals surface area contributed by atoms with Crippen molar-refractivity contribution >= 4 is 34.7 Å². The number of nitrogens with two attached hydrogens (primary N) is 1. The summed E-state index contributed by atoms with van der Waals surface area (Å²) in [5, 5.41) is 23.1. The number of phenolic OH excluding ortho intramolecular Hbond substituents is 1. The van der Waals surface area contributed by atoms with Crippen molar-refractivity contribution in [2.24, 2.45) is 29.4 Å². The zero-order valence-corrected chi connectivity index (χ0v) is 23.6. The summed E-state index contributed by atoms with van der Waals surface area (Å²) in [6, 6.07) is 10.4. The second-order valence-corrected chi connectivity index (χ2v) is 11.9. The maximum absolute atomic E-state index is 14.1. The first kappa shape index (κ1) is 28.6. The number of aromatic hydroxyl groups is 1. The Balaban J connectivity index is 1.60. The van der Waals surface area contributed by atoms with Gasteiger partial charge >= 0.3 is 0 Å². The maximum Gasteiger partial charge on any atom is 0.235 e. The van der Waals surface area contributed by atoms with Gasteiger partial charge in [-0.2, -0.15) is 0 Å². The van der Waals surface area contributed by atoms with Crippen LogP contribution in [0.25, 0.3) is 0 Å². The summed E-state index contributed by atoms with van der Waals surface area (Å²) in [5.41, 5.74) is 5.59. The number of anilines is 1. The average molecular weight is 562 g/mol. The number of primary amides is 1. The molecule has 2 fully saturated rings. The van der Waals surface area contributed by atoms with Crippen LogP contribution in [-0.2, 0) is 38.4 Å². The number of hydrogen-bond acceptors (Lipinski definition) is 9. The van der Waals surface area contributed by atoms with Crippen molar-refractivity contribution < 1.29 is 34.2 Å². The Hall–Kier alpha value is -3.89. The van der Waals surface area contributed by atoms with E-state index in [1.165, 1.54) is 4.90 Å². The van der Waals surface area contributed by atoms with Gasteiger partial charge in [0, 0.05) is 25.7 Å². The molecule has 3 aliphatic rings. The third kappa shape index (κ3) is 4.28. The molecule has 0 heterocycles. The molecule has 0 saturated heterocycles. The third-order valence-electron chi connectivity index (χ3n) is 9.12. The number of carbonyl (C=O) groups excluding carboxylic acids is 5. The minimum atomic E-state index is -2.73. The van der Waals surface area contributed by atoms with Crippen LogP contribution >= 0.6 is 0 Å². The highest BCUT2D eigenvalue weighted by molar-refractivity contribution is 6.32. The van der Waals surface area contributed by atoms with E-state index in [4.69, 9.17) is 5.73 Å². The molecule has 2 saturated carbocycles. The number of rotatable bonds is 6. The van der Waals surface area contributed by atoms with Crippen molar-refractivity contribution in [3.05, 3.63) is 58.7 Å². The molecule has 3 aliphatic carbocycles. The molecule has 0 aliphatic heterocycles. The van der Waals surface area contributed by atoms with Crippen molar-refractivity contribution in [1.82, 2.24) is 4.90 Å². The fourth-order valence-corrected chi connectivity index (χ4v) is 7.22. The average Bonchev–Trinajstić information content (AvgIpc) is 2.90. The molecule has 0 bridgehead atoms. The highest BCUT2D eigenvalue weighted by Gasteiger charge is 2.69. The lowest BCUT2D eigenvalue weighted by molar-refractivity contribution is -0.181. The lowest BCUT2D eigenvalue weighted by Crippen LogP contribution is -2.74. The molecule has 2 aromatic rings. The highest BCUT2D eigenvalue weighted by atomic mass is 16.3. The predicted molar refractivity (Wildman–Crippen MR) is 150 cm³/mol. The van der Waals surface area contributed by atoms with Crippen LogP contribution in [0, 0.1) is 23.7 Å². The molecule has 6 atom stereocenters. The van der Waals surface area contributed by atoms with Gasteiger partial charge in [-0.05, 0) is 68.5 Å². The molecular formula is C31H35N3O7. The molecule has 2 aromatic carbocycles. The Labute approximate surface area is 238 Å². The second-order valence-electron chi connectivity index (χ2n) is 11.9. The summed E-state index contributed by atoms with van der Waals surface area (Å²) >= 11 is 0. The van der Waals surface area contributed by atoms with Gasteiger partial charge in [-0.15, -0.1) is 0 Å². The quantitative estimate of drug-likeness (QED) is 0.432. The van der Waals surface area contributed by atoms with E-state index < -0.39 is 64.4 Å². The standard InChI is InChI=1S/C31H35N3O7/c1-33(2)20-14-16(11-10-15-8-6-5-7-9-15)25(35)22-18(20)12-17-13-19-24(34(3)4)27(37)23(30(32)40)29(39)31(19,41)28(38)21(17)26(22)36/h5-9,14,17,19,21,23-24,35,41H,10-13H2,1-4H3,(H2,32,40)/t17-,19-,21?,23?,24-,31-/m0/s1. The van der Waals surface area contributed by atoms with Gasteiger partial charge in [-0.1, -0.05) is 30.3 Å². The fraction of sp³-hybridized carbons (Fsp3) is 0.452. The van der Waals surface area contributed by atoms with Gasteiger partial charge in [0.2, 0.25) is 5.91 Å². The van der Waals surface area contributed by atoms with Gasteiger partial charge in [0.1, 0.15) is 5.75 Å². The number of aliphatic hydroxyl groups is 1. The lowest BCUT2D eigenvalue weighted by atomic mass is 9.52. The first-order valence-corrected chi connectivity index (χ1v) is 13.7. The van der Waals surface area contributed by atoms with E-state index in [1.807, 2.05) is 55.4 Å². The van der Waals surface area contributed by atoms with Crippen molar-refractivity contribution in [3.63, 3.8) is 0 Å². The molecule has 1 amide bonds. The Morgan fingerprint density at radius 3 is 2.27 bits per heavy atom. The first-order chi connectivity index (χ1) is 19.3. The molecule has 216 valence electrons. The van der Waals surface area contributed by atoms with Crippen LogP contribution in [0.1, 0.15) is 33.5 Å². The van der Waals surface area contributed by atoms with E-state index in [0.717, 1.165) is 11.3 Å². The number of Topliss-reactive ketones (excluding diaryl/α,β-unsaturated/α-hetero) is 4. The number of fused-ring (bicyclic) bond motifs is 3. The second kappa shape index (κ2) is 10.2. The topological polar surface area (TPSA) is 158 Å². The van der Waals surface area contributed by atoms with Crippen molar-refractivity contribution in [3.8, 4) is 5.75 Å². The summed E-state index contributed by atoms with van der Waals surface area (Å²) in [6.07, 6.45) is 1.31. The van der Waals surface area contributed by atoms with E-state index in [1.54, 1.807) is 14.1 Å². The van der Waals surface area contributed by atoms with Crippen LogP contribution in [0.4, 0.5) is 5.69 Å². The van der Waals surface area contributed by atoms with E-state index in [2.05, 4.69) is 0 Å². The molecule has 10 heteroatoms. The number of aryl methyl sites for hydroxylation is 2. The van der Waals surface area contributed by atoms with E-state index in [9.17, 15) is 34.2 Å². The molecular weight excluding hydrogens is 526 g/mol. The number of phenols is 1. The molecule has 41 heavy (non-hydrogen) atoms. The molecule has 5 rings (SSSR count). The molecule has 10 nitrogen and oxygen atoms in total. The minimum Gasteiger partial charge on any atom is -0.507 e. The minimum absolute atomic E-state index is 0.0193. The number of amides is 1. The van der Waals surface area contributed by atoms with Gasteiger partial charge in [0.25, 0.3) is 0 Å². The van der Waals surface area contributed by atoms with Crippen LogP contribution in [0.5, 0.6) is 5.75 Å². The van der Waals surface area contributed by atoms with Crippen LogP contribution in [-0.4, -0.2) is 84.0 Å². The van der Waals surface area contributed by atoms with Crippen LogP contribution in [0.15, 0.2) is 36.4 Å². The number of ketones is 4. The van der Waals surface area contributed by atoms with Crippen LogP contribution < -0.4 is 10.6 Å². The summed E-state index contributed by atoms with van der Waals surface area (Å²) in [7, 11) is 6.79. The summed E-state index contributed by atoms with van der Waals surface area (Å²) < 4.78 is 0. The zero-order valence-electron chi connectivity index (χ0n) is 23.6. The van der Waals surface area contributed by atoms with Crippen LogP contribution in [0.2, 0.25) is 0 Å². The van der Waals surface area contributed by atoms with E-state index in [-0.39, 0.29) is 24.2 Å². The van der Waals surface area contributed by atoms with Crippen molar-refractivity contribution in [2.45, 2.75) is 37.3 Å². The Morgan fingerprint density at radius 1 is 1.02 bits per heavy atom. The Kier molecular flexibility index (Phi) is 7.11. The number of nitrogens with zero attached hydrogens (tertiary/aromatic N) is 2. The van der Waals surface area contributed by atoms with Gasteiger partial charge in [-0.3, -0.25) is 28.9 Å². The number of hydrogen-bond donors (Lipinski definition) is 3. The maximum atomic E-state index is 14.1. The van der Waals surface area contributed by atoms with Gasteiger partial charge in [0.05, 0.1) is 17.5 Å². The number of carbonyl (C=O) groups is 5. The molecule has 0 radical (unpaired) electrons. The van der Waals surface area contributed by atoms with Crippen molar-refractivity contribution in [1.29, 1.82) is 0 Å². The predicted octanol–water partition coefficient (Wildman–Crippen LogP) is 0.718. The largest absolute Gasteiger partial charge is 0.507 e. The lowest BCUT2D eigenvalue weighted by Gasteiger charge is -2.52. The first-order valence-electron chi connectivity index (χ1n) is 13.7. The molecule has 2 unspecified atom stereocenters. The molecule has 0 aromatic heterocycles. The smallest absolute Gasteiger partial charge is 0.235 e. The number of likely N-dealkylation sites (N-methyl/N-ethyl adjacent to an activating group) is 1. The van der Waals surface area contributed by atoms with Crippen LogP contribution in [0.3, 0.4) is 0 Å². The highest BCUT2D eigenvalue weighted by Crippen LogP contribution is 2.52. The fourth-order valence-electron chi connectivity index (χ4n) is 7.22. The SMILES string of the molecule is CN(C)c1cc(CCc2ccccc2)c(O)c2c1C[C@H]1C[C@H]3[C@H](N(C)C)C(=O)C(C(N)=O)C(=O)[C@@]3(O)C(=O)C1C2=O. The summed E-state index contributed by atoms with van der Waals surface area (Å²) in [4.78, 5) is 70.3. The monoisotopic (exact) mass is 561 g/mol.